The van der Waals surface area contributed by atoms with Crippen LogP contribution in [0.2, 0.25) is 0 Å². The van der Waals surface area contributed by atoms with Crippen molar-refractivity contribution < 1.29 is 5.11 Å². The third-order valence-electron chi connectivity index (χ3n) is 3.13. The number of benzene rings is 1. The summed E-state index contributed by atoms with van der Waals surface area (Å²) < 4.78 is 0. The molecule has 2 rings (SSSR count). The second kappa shape index (κ2) is 4.01. The van der Waals surface area contributed by atoms with Gasteiger partial charge in [-0.05, 0) is 30.9 Å². The predicted octanol–water partition coefficient (Wildman–Crippen LogP) is 1.82. The molecule has 1 aromatic carbocycles. The molecule has 1 N–H and O–H groups in total. The van der Waals surface area contributed by atoms with Gasteiger partial charge in [0.25, 0.3) is 0 Å². The fraction of sp³-hybridized carbons (Fsp3) is 0.500. The fourth-order valence-electron chi connectivity index (χ4n) is 2.27. The lowest BCUT2D eigenvalue weighted by Gasteiger charge is -2.35. The molecule has 0 spiro atoms. The molecule has 76 valence electrons. The second-order valence-corrected chi connectivity index (χ2v) is 3.94. The van der Waals surface area contributed by atoms with E-state index in [-0.39, 0.29) is 6.61 Å². The van der Waals surface area contributed by atoms with E-state index < -0.39 is 0 Å². The van der Waals surface area contributed by atoms with Crippen molar-refractivity contribution in [1.29, 1.82) is 0 Å². The number of anilines is 1. The van der Waals surface area contributed by atoms with Crippen molar-refractivity contribution in [3.63, 3.8) is 0 Å². The second-order valence-electron chi connectivity index (χ2n) is 3.94. The van der Waals surface area contributed by atoms with Crippen LogP contribution in [0.25, 0.3) is 0 Å². The number of hydrogen-bond donors (Lipinski definition) is 1. The van der Waals surface area contributed by atoms with E-state index in [1.807, 2.05) is 0 Å². The van der Waals surface area contributed by atoms with Crippen molar-refractivity contribution in [2.45, 2.75) is 25.3 Å². The van der Waals surface area contributed by atoms with Gasteiger partial charge in [-0.3, -0.25) is 0 Å². The van der Waals surface area contributed by atoms with Crippen LogP contribution in [-0.2, 0) is 6.42 Å². The number of hydrogen-bond acceptors (Lipinski definition) is 2. The van der Waals surface area contributed by atoms with E-state index in [9.17, 15) is 0 Å². The summed E-state index contributed by atoms with van der Waals surface area (Å²) in [5, 5.41) is 8.96. The first kappa shape index (κ1) is 9.53. The average Bonchev–Trinajstić information content (AvgIpc) is 2.23. The smallest absolute Gasteiger partial charge is 0.0450 e. The zero-order valence-corrected chi connectivity index (χ0v) is 8.61. The topological polar surface area (TPSA) is 23.5 Å². The molecule has 2 nitrogen and oxygen atoms in total. The first-order valence-corrected chi connectivity index (χ1v) is 5.24. The Hall–Kier alpha value is -1.02. The van der Waals surface area contributed by atoms with Gasteiger partial charge in [0.15, 0.2) is 0 Å². The summed E-state index contributed by atoms with van der Waals surface area (Å²) >= 11 is 0. The van der Waals surface area contributed by atoms with E-state index in [1.165, 1.54) is 11.3 Å². The summed E-state index contributed by atoms with van der Waals surface area (Å²) in [7, 11) is 2.12. The minimum Gasteiger partial charge on any atom is -0.396 e. The third-order valence-corrected chi connectivity index (χ3v) is 3.13. The average molecular weight is 191 g/mol. The molecule has 1 aliphatic rings. The molecule has 0 aliphatic carbocycles. The highest BCUT2D eigenvalue weighted by Gasteiger charge is 2.21. The van der Waals surface area contributed by atoms with Gasteiger partial charge in [-0.15, -0.1) is 0 Å². The van der Waals surface area contributed by atoms with Crippen molar-refractivity contribution in [2.75, 3.05) is 18.6 Å². The summed E-state index contributed by atoms with van der Waals surface area (Å²) in [4.78, 5) is 2.30. The monoisotopic (exact) mass is 191 g/mol. The molecule has 0 aromatic heterocycles. The molecule has 2 heteroatoms. The van der Waals surface area contributed by atoms with Gasteiger partial charge >= 0.3 is 0 Å². The minimum atomic E-state index is 0.289. The summed E-state index contributed by atoms with van der Waals surface area (Å²) in [6.45, 7) is 0.289. The van der Waals surface area contributed by atoms with E-state index in [0.717, 1.165) is 19.3 Å². The Morgan fingerprint density at radius 3 is 3.00 bits per heavy atom. The third kappa shape index (κ3) is 1.62. The molecule has 1 heterocycles. The zero-order chi connectivity index (χ0) is 9.97. The van der Waals surface area contributed by atoms with Gasteiger partial charge in [0.1, 0.15) is 0 Å². The van der Waals surface area contributed by atoms with E-state index in [1.54, 1.807) is 0 Å². The Kier molecular flexibility index (Phi) is 2.73. The Balaban J connectivity index is 2.22. The zero-order valence-electron chi connectivity index (χ0n) is 8.61. The predicted molar refractivity (Wildman–Crippen MR) is 58.7 cm³/mol. The molecule has 14 heavy (non-hydrogen) atoms. The molecule has 0 fully saturated rings. The van der Waals surface area contributed by atoms with E-state index >= 15 is 0 Å². The van der Waals surface area contributed by atoms with Gasteiger partial charge in [0.05, 0.1) is 0 Å². The first-order chi connectivity index (χ1) is 6.83. The van der Waals surface area contributed by atoms with Crippen LogP contribution in [-0.4, -0.2) is 24.8 Å². The van der Waals surface area contributed by atoms with Crippen molar-refractivity contribution in [2.24, 2.45) is 0 Å². The molecule has 1 aromatic rings. The molecule has 0 saturated heterocycles. The van der Waals surface area contributed by atoms with Gasteiger partial charge in [-0.25, -0.2) is 0 Å². The lowest BCUT2D eigenvalue weighted by molar-refractivity contribution is 0.269. The highest BCUT2D eigenvalue weighted by molar-refractivity contribution is 5.55. The van der Waals surface area contributed by atoms with Gasteiger partial charge in [0, 0.05) is 25.4 Å². The van der Waals surface area contributed by atoms with Gasteiger partial charge in [-0.2, -0.15) is 0 Å². The number of rotatable bonds is 2. The van der Waals surface area contributed by atoms with Crippen LogP contribution in [0.15, 0.2) is 24.3 Å². The number of aliphatic hydroxyl groups excluding tert-OH is 1. The Morgan fingerprint density at radius 2 is 2.21 bits per heavy atom. The van der Waals surface area contributed by atoms with Gasteiger partial charge < -0.3 is 10.0 Å². The van der Waals surface area contributed by atoms with Crippen LogP contribution in [0.4, 0.5) is 5.69 Å². The Morgan fingerprint density at radius 1 is 1.43 bits per heavy atom. The Bertz CT molecular complexity index is 311. The van der Waals surface area contributed by atoms with E-state index in [0.29, 0.717) is 6.04 Å². The van der Waals surface area contributed by atoms with Crippen LogP contribution >= 0.6 is 0 Å². The highest BCUT2D eigenvalue weighted by Crippen LogP contribution is 2.29. The summed E-state index contributed by atoms with van der Waals surface area (Å²) in [5.74, 6) is 0. The molecule has 0 bridgehead atoms. The van der Waals surface area contributed by atoms with E-state index in [4.69, 9.17) is 5.11 Å². The van der Waals surface area contributed by atoms with Crippen LogP contribution < -0.4 is 4.90 Å². The van der Waals surface area contributed by atoms with Crippen LogP contribution in [0.1, 0.15) is 18.4 Å². The van der Waals surface area contributed by atoms with Crippen LogP contribution in [0, 0.1) is 0 Å². The molecule has 1 aliphatic heterocycles. The number of aliphatic hydroxyl groups is 1. The van der Waals surface area contributed by atoms with Crippen molar-refractivity contribution in [3.05, 3.63) is 29.8 Å². The largest absolute Gasteiger partial charge is 0.396 e. The summed E-state index contributed by atoms with van der Waals surface area (Å²) in [6.07, 6.45) is 3.18. The molecule has 0 radical (unpaired) electrons. The maximum absolute atomic E-state index is 8.96. The maximum Gasteiger partial charge on any atom is 0.0450 e. The molecular formula is C12H17NO. The number of para-hydroxylation sites is 1. The standard InChI is InChI=1S/C12H17NO/c1-13-11(8-9-14)7-6-10-4-2-3-5-12(10)13/h2-5,11,14H,6-9H2,1H3. The van der Waals surface area contributed by atoms with Crippen molar-refractivity contribution in [3.8, 4) is 0 Å². The SMILES string of the molecule is CN1c2ccccc2CCC1CCO. The Labute approximate surface area is 85.2 Å². The number of aryl methyl sites for hydroxylation is 1. The summed E-state index contributed by atoms with van der Waals surface area (Å²) in [5.41, 5.74) is 2.77. The minimum absolute atomic E-state index is 0.289. The maximum atomic E-state index is 8.96. The first-order valence-electron chi connectivity index (χ1n) is 5.24. The molecule has 1 atom stereocenters. The molecule has 1 unspecified atom stereocenters. The summed E-state index contributed by atoms with van der Waals surface area (Å²) in [6, 6.07) is 9.05. The van der Waals surface area contributed by atoms with Gasteiger partial charge in [0.2, 0.25) is 0 Å². The molecule has 0 amide bonds. The normalized spacial score (nSPS) is 20.7. The van der Waals surface area contributed by atoms with Crippen molar-refractivity contribution >= 4 is 5.69 Å². The number of fused-ring (bicyclic) bond motifs is 1. The van der Waals surface area contributed by atoms with E-state index in [2.05, 4.69) is 36.2 Å². The van der Waals surface area contributed by atoms with Crippen molar-refractivity contribution in [1.82, 2.24) is 0 Å². The van der Waals surface area contributed by atoms with Crippen LogP contribution in [0.3, 0.4) is 0 Å². The molecule has 0 saturated carbocycles. The highest BCUT2D eigenvalue weighted by atomic mass is 16.3. The lowest BCUT2D eigenvalue weighted by Crippen LogP contribution is -2.36. The quantitative estimate of drug-likeness (QED) is 0.770. The lowest BCUT2D eigenvalue weighted by atomic mass is 9.95. The molecular weight excluding hydrogens is 174 g/mol. The number of nitrogens with zero attached hydrogens (tertiary/aromatic N) is 1. The van der Waals surface area contributed by atoms with Crippen LogP contribution in [0.5, 0.6) is 0 Å². The fourth-order valence-corrected chi connectivity index (χ4v) is 2.27. The van der Waals surface area contributed by atoms with Gasteiger partial charge in [-0.1, -0.05) is 18.2 Å².